The first-order chi connectivity index (χ1) is 8.63. The zero-order valence-electron chi connectivity index (χ0n) is 10.4. The van der Waals surface area contributed by atoms with Gasteiger partial charge in [0.05, 0.1) is 0 Å². The van der Waals surface area contributed by atoms with Crippen LogP contribution in [-0.4, -0.2) is 5.24 Å². The molecule has 0 aliphatic rings. The Bertz CT molecular complexity index is 482. The molecular formula is C15H15NOS. The van der Waals surface area contributed by atoms with Gasteiger partial charge in [0.2, 0.25) is 0 Å². The van der Waals surface area contributed by atoms with E-state index in [4.69, 9.17) is 0 Å². The smallest absolute Gasteiger partial charge is 0.288 e. The fourth-order valence-electron chi connectivity index (χ4n) is 1.49. The van der Waals surface area contributed by atoms with Gasteiger partial charge in [-0.1, -0.05) is 35.4 Å². The Morgan fingerprint density at radius 2 is 1.39 bits per heavy atom. The fraction of sp³-hybridized carbons (Fsp3) is 0.133. The minimum absolute atomic E-state index is 0.0669. The maximum Gasteiger partial charge on any atom is 0.288 e. The first kappa shape index (κ1) is 12.7. The summed E-state index contributed by atoms with van der Waals surface area (Å²) in [5.41, 5.74) is 3.20. The van der Waals surface area contributed by atoms with Gasteiger partial charge in [-0.05, 0) is 49.9 Å². The summed E-state index contributed by atoms with van der Waals surface area (Å²) in [6.07, 6.45) is 0. The average Bonchev–Trinajstić information content (AvgIpc) is 2.35. The van der Waals surface area contributed by atoms with Gasteiger partial charge >= 0.3 is 0 Å². The van der Waals surface area contributed by atoms with E-state index in [0.717, 1.165) is 10.6 Å². The van der Waals surface area contributed by atoms with E-state index in [1.165, 1.54) is 22.9 Å². The summed E-state index contributed by atoms with van der Waals surface area (Å²) in [5, 5.41) is 2.79. The van der Waals surface area contributed by atoms with Gasteiger partial charge in [0.25, 0.3) is 5.24 Å². The van der Waals surface area contributed by atoms with Crippen molar-refractivity contribution < 1.29 is 4.79 Å². The van der Waals surface area contributed by atoms with Gasteiger partial charge in [0.1, 0.15) is 0 Å². The molecule has 0 radical (unpaired) electrons. The molecule has 2 nitrogen and oxygen atoms in total. The molecule has 0 aromatic heterocycles. The quantitative estimate of drug-likeness (QED) is 0.795. The largest absolute Gasteiger partial charge is 0.317 e. The number of aryl methyl sites for hydroxylation is 2. The highest BCUT2D eigenvalue weighted by molar-refractivity contribution is 8.13. The summed E-state index contributed by atoms with van der Waals surface area (Å²) >= 11 is 1.20. The van der Waals surface area contributed by atoms with Crippen LogP contribution in [-0.2, 0) is 0 Å². The van der Waals surface area contributed by atoms with Crippen LogP contribution in [0, 0.1) is 13.8 Å². The van der Waals surface area contributed by atoms with Crippen molar-refractivity contribution in [1.82, 2.24) is 0 Å². The summed E-state index contributed by atoms with van der Waals surface area (Å²) < 4.78 is 0. The highest BCUT2D eigenvalue weighted by atomic mass is 32.2. The van der Waals surface area contributed by atoms with Crippen molar-refractivity contribution in [1.29, 1.82) is 0 Å². The minimum Gasteiger partial charge on any atom is -0.317 e. The number of thioether (sulfide) groups is 1. The number of nitrogens with one attached hydrogen (secondary N) is 1. The van der Waals surface area contributed by atoms with Gasteiger partial charge in [0, 0.05) is 10.6 Å². The third-order valence-electron chi connectivity index (χ3n) is 2.53. The number of rotatable bonds is 2. The lowest BCUT2D eigenvalue weighted by atomic mass is 10.2. The van der Waals surface area contributed by atoms with E-state index < -0.39 is 0 Å². The molecular weight excluding hydrogens is 242 g/mol. The second kappa shape index (κ2) is 5.74. The van der Waals surface area contributed by atoms with Crippen LogP contribution in [0.25, 0.3) is 0 Å². The summed E-state index contributed by atoms with van der Waals surface area (Å²) in [4.78, 5) is 12.8. The maximum atomic E-state index is 11.8. The van der Waals surface area contributed by atoms with Crippen molar-refractivity contribution in [3.05, 3.63) is 59.7 Å². The molecule has 3 heteroatoms. The molecule has 0 heterocycles. The van der Waals surface area contributed by atoms with Gasteiger partial charge in [0.15, 0.2) is 0 Å². The second-order valence-corrected chi connectivity index (χ2v) is 5.24. The van der Waals surface area contributed by atoms with Gasteiger partial charge < -0.3 is 5.32 Å². The molecule has 0 spiro atoms. The summed E-state index contributed by atoms with van der Waals surface area (Å²) in [5.74, 6) is 0. The summed E-state index contributed by atoms with van der Waals surface area (Å²) in [7, 11) is 0. The molecule has 0 aliphatic carbocycles. The number of carbonyl (C=O) groups is 1. The Labute approximate surface area is 111 Å². The van der Waals surface area contributed by atoms with Crippen LogP contribution < -0.4 is 5.32 Å². The topological polar surface area (TPSA) is 29.1 Å². The van der Waals surface area contributed by atoms with Crippen LogP contribution >= 0.6 is 11.8 Å². The predicted octanol–water partition coefficient (Wildman–Crippen LogP) is 4.63. The van der Waals surface area contributed by atoms with E-state index in [1.54, 1.807) is 0 Å². The third-order valence-corrected chi connectivity index (χ3v) is 3.32. The zero-order chi connectivity index (χ0) is 13.0. The lowest BCUT2D eigenvalue weighted by Gasteiger charge is -2.05. The number of anilines is 1. The van der Waals surface area contributed by atoms with Crippen LogP contribution in [0.3, 0.4) is 0 Å². The van der Waals surface area contributed by atoms with E-state index in [2.05, 4.69) is 5.32 Å². The Kier molecular flexibility index (Phi) is 4.05. The Morgan fingerprint density at radius 3 is 1.94 bits per heavy atom. The molecule has 92 valence electrons. The summed E-state index contributed by atoms with van der Waals surface area (Å²) in [6, 6.07) is 15.7. The lowest BCUT2D eigenvalue weighted by molar-refractivity contribution is 0.270. The number of benzene rings is 2. The Hall–Kier alpha value is -1.74. The predicted molar refractivity (Wildman–Crippen MR) is 77.2 cm³/mol. The van der Waals surface area contributed by atoms with E-state index >= 15 is 0 Å². The molecule has 2 rings (SSSR count). The minimum atomic E-state index is -0.0669. The normalized spacial score (nSPS) is 10.1. The molecule has 0 unspecified atom stereocenters. The third kappa shape index (κ3) is 3.64. The highest BCUT2D eigenvalue weighted by Crippen LogP contribution is 2.21. The molecule has 0 saturated heterocycles. The monoisotopic (exact) mass is 257 g/mol. The number of carbonyl (C=O) groups excluding carboxylic acids is 1. The van der Waals surface area contributed by atoms with Crippen LogP contribution in [0.15, 0.2) is 53.4 Å². The van der Waals surface area contributed by atoms with Crippen LogP contribution in [0.4, 0.5) is 10.5 Å². The molecule has 18 heavy (non-hydrogen) atoms. The molecule has 1 amide bonds. The van der Waals surface area contributed by atoms with E-state index in [9.17, 15) is 4.79 Å². The van der Waals surface area contributed by atoms with Gasteiger partial charge in [-0.25, -0.2) is 0 Å². The average molecular weight is 257 g/mol. The number of amides is 1. The standard InChI is InChI=1S/C15H15NOS/c1-11-3-7-13(8-4-11)16-15(17)18-14-9-5-12(2)6-10-14/h3-10H,1-2H3,(H,16,17). The van der Waals surface area contributed by atoms with Crippen LogP contribution in [0.5, 0.6) is 0 Å². The first-order valence-electron chi connectivity index (χ1n) is 5.76. The molecule has 0 atom stereocenters. The molecule has 0 aliphatic heterocycles. The van der Waals surface area contributed by atoms with Crippen molar-refractivity contribution in [2.75, 3.05) is 5.32 Å². The van der Waals surface area contributed by atoms with Crippen molar-refractivity contribution in [3.8, 4) is 0 Å². The van der Waals surface area contributed by atoms with E-state index in [-0.39, 0.29) is 5.24 Å². The Balaban J connectivity index is 1.96. The SMILES string of the molecule is Cc1ccc(NC(=O)Sc2ccc(C)cc2)cc1. The summed E-state index contributed by atoms with van der Waals surface area (Å²) in [6.45, 7) is 4.05. The number of hydrogen-bond donors (Lipinski definition) is 1. The molecule has 2 aromatic carbocycles. The van der Waals surface area contributed by atoms with Gasteiger partial charge in [-0.2, -0.15) is 0 Å². The lowest BCUT2D eigenvalue weighted by Crippen LogP contribution is -2.04. The zero-order valence-corrected chi connectivity index (χ0v) is 11.3. The van der Waals surface area contributed by atoms with Gasteiger partial charge in [-0.15, -0.1) is 0 Å². The molecule has 0 bridgehead atoms. The first-order valence-corrected chi connectivity index (χ1v) is 6.57. The van der Waals surface area contributed by atoms with Crippen LogP contribution in [0.1, 0.15) is 11.1 Å². The second-order valence-electron chi connectivity index (χ2n) is 4.19. The van der Waals surface area contributed by atoms with Crippen molar-refractivity contribution in [2.45, 2.75) is 18.7 Å². The van der Waals surface area contributed by atoms with Crippen molar-refractivity contribution >= 4 is 22.7 Å². The molecule has 2 aromatic rings. The number of hydrogen-bond acceptors (Lipinski definition) is 2. The van der Waals surface area contributed by atoms with Gasteiger partial charge in [-0.3, -0.25) is 4.79 Å². The highest BCUT2D eigenvalue weighted by Gasteiger charge is 2.04. The fourth-order valence-corrected chi connectivity index (χ4v) is 2.15. The van der Waals surface area contributed by atoms with E-state index in [1.807, 2.05) is 62.4 Å². The molecule has 1 N–H and O–H groups in total. The van der Waals surface area contributed by atoms with Crippen molar-refractivity contribution in [3.63, 3.8) is 0 Å². The maximum absolute atomic E-state index is 11.8. The van der Waals surface area contributed by atoms with Crippen molar-refractivity contribution in [2.24, 2.45) is 0 Å². The molecule has 0 saturated carbocycles. The molecule has 0 fully saturated rings. The Morgan fingerprint density at radius 1 is 0.889 bits per heavy atom. The van der Waals surface area contributed by atoms with Crippen LogP contribution in [0.2, 0.25) is 0 Å². The van der Waals surface area contributed by atoms with E-state index in [0.29, 0.717) is 0 Å².